The van der Waals surface area contributed by atoms with Gasteiger partial charge in [-0.15, -0.1) is 13.2 Å². The van der Waals surface area contributed by atoms with Crippen LogP contribution < -0.4 is 10.2 Å². The van der Waals surface area contributed by atoms with Gasteiger partial charge in [-0.25, -0.2) is 0 Å². The molecule has 2 nitrogen and oxygen atoms in total. The summed E-state index contributed by atoms with van der Waals surface area (Å²) in [5.74, 6) is 0. The van der Waals surface area contributed by atoms with Gasteiger partial charge in [-0.05, 0) is 0 Å². The molecule has 0 aromatic rings. The van der Waals surface area contributed by atoms with Crippen LogP contribution >= 0.6 is 0 Å². The predicted molar refractivity (Wildman–Crippen MR) is 45.3 cm³/mol. The van der Waals surface area contributed by atoms with E-state index in [-0.39, 0.29) is 37.6 Å². The molecule has 0 aromatic carbocycles. The Morgan fingerprint density at radius 1 is 0.818 bits per heavy atom. The third-order valence-electron chi connectivity index (χ3n) is 0.996. The fraction of sp³-hybridized carbons (Fsp3) is 1.00. The number of rotatable bonds is 4. The van der Waals surface area contributed by atoms with Crippen LogP contribution in [0.4, 0.5) is 0 Å². The van der Waals surface area contributed by atoms with Crippen LogP contribution in [-0.4, -0.2) is 37.6 Å². The average molecular weight is 268 g/mol. The van der Waals surface area contributed by atoms with Gasteiger partial charge in [-0.2, -0.15) is 0 Å². The van der Waals surface area contributed by atoms with Gasteiger partial charge in [0.1, 0.15) is 0 Å². The Bertz CT molecular complexity index is 33.1. The third kappa shape index (κ3) is 36.5. The number of hydrogen-bond donors (Lipinski definition) is 0. The molecule has 0 atom stereocenters. The van der Waals surface area contributed by atoms with Crippen molar-refractivity contribution in [3.63, 3.8) is 0 Å². The molecule has 0 fully saturated rings. The Morgan fingerprint density at radius 3 is 1.09 bits per heavy atom. The first-order valence-corrected chi connectivity index (χ1v) is 3.99. The summed E-state index contributed by atoms with van der Waals surface area (Å²) in [5, 5.41) is 19.1. The number of hydrogen-bond acceptors (Lipinski definition) is 2. The van der Waals surface area contributed by atoms with Gasteiger partial charge in [-0.3, -0.25) is 0 Å². The van der Waals surface area contributed by atoms with Gasteiger partial charge in [0.2, 0.25) is 0 Å². The van der Waals surface area contributed by atoms with Crippen molar-refractivity contribution in [2.24, 2.45) is 0 Å². The summed E-state index contributed by atoms with van der Waals surface area (Å²) >= 11 is 0. The Morgan fingerprint density at radius 2 is 1.09 bits per heavy atom. The summed E-state index contributed by atoms with van der Waals surface area (Å²) in [6.45, 7) is 4.21. The molecule has 3 heteroatoms. The summed E-state index contributed by atoms with van der Waals surface area (Å²) in [6, 6.07) is 0. The molecule has 0 bridgehead atoms. The van der Waals surface area contributed by atoms with E-state index in [0.717, 1.165) is 25.7 Å². The molecule has 3 radical (unpaired) electrons. The quantitative estimate of drug-likeness (QED) is 0.669. The normalized spacial score (nSPS) is 7.64. The first-order valence-electron chi connectivity index (χ1n) is 3.99. The van der Waals surface area contributed by atoms with E-state index in [1.165, 1.54) is 0 Å². The van der Waals surface area contributed by atoms with Crippen molar-refractivity contribution < 1.29 is 10.2 Å². The van der Waals surface area contributed by atoms with Crippen molar-refractivity contribution in [2.75, 3.05) is 13.2 Å². The Hall–Kier alpha value is 0.738. The minimum absolute atomic E-state index is 0. The standard InChI is InChI=1S/2C4H9O.Sb/c2*1-2-3-4-5;/h2*2-4H2,1H3;/q2*-1;. The molecule has 69 valence electrons. The van der Waals surface area contributed by atoms with Gasteiger partial charge in [-0.1, -0.05) is 39.5 Å². The SMILES string of the molecule is CCCC[O-].CCCC[O-].[Sb]. The molecule has 11 heavy (non-hydrogen) atoms. The van der Waals surface area contributed by atoms with E-state index in [1.807, 2.05) is 13.8 Å². The van der Waals surface area contributed by atoms with E-state index < -0.39 is 0 Å². The van der Waals surface area contributed by atoms with Crippen LogP contribution in [0.25, 0.3) is 0 Å². The second kappa shape index (κ2) is 22.4. The zero-order chi connectivity index (χ0) is 8.24. The fourth-order valence-corrected chi connectivity index (χ4v) is 0.289. The van der Waals surface area contributed by atoms with Crippen molar-refractivity contribution in [3.8, 4) is 0 Å². The van der Waals surface area contributed by atoms with E-state index in [1.54, 1.807) is 0 Å². The van der Waals surface area contributed by atoms with Gasteiger partial charge < -0.3 is 10.2 Å². The minimum atomic E-state index is 0. The number of unbranched alkanes of at least 4 members (excludes halogenated alkanes) is 2. The summed E-state index contributed by atoms with van der Waals surface area (Å²) in [7, 11) is 0. The summed E-state index contributed by atoms with van der Waals surface area (Å²) in [5.41, 5.74) is 0. The smallest absolute Gasteiger partial charge is 0 e. The summed E-state index contributed by atoms with van der Waals surface area (Å²) in [6.07, 6.45) is 3.73. The first kappa shape index (κ1) is 17.7. The molecule has 0 aliphatic carbocycles. The second-order valence-corrected chi connectivity index (χ2v) is 2.12. The topological polar surface area (TPSA) is 46.1 Å². The molecule has 0 unspecified atom stereocenters. The second-order valence-electron chi connectivity index (χ2n) is 2.12. The molecule has 0 heterocycles. The fourth-order valence-electron chi connectivity index (χ4n) is 0.289. The van der Waals surface area contributed by atoms with Gasteiger partial charge in [0, 0.05) is 24.4 Å². The zero-order valence-corrected chi connectivity index (χ0v) is 10.1. The first-order chi connectivity index (χ1) is 4.83. The van der Waals surface area contributed by atoms with Crippen LogP contribution in [-0.2, 0) is 0 Å². The van der Waals surface area contributed by atoms with E-state index in [2.05, 4.69) is 0 Å². The maximum Gasteiger partial charge on any atom is 0 e. The molecule has 0 aliphatic rings. The zero-order valence-electron chi connectivity index (χ0n) is 7.51. The van der Waals surface area contributed by atoms with Gasteiger partial charge >= 0.3 is 0 Å². The van der Waals surface area contributed by atoms with Crippen molar-refractivity contribution >= 4 is 24.4 Å². The molecule has 0 rings (SSSR count). The molecular formula is C8H18O2Sb-2. The van der Waals surface area contributed by atoms with Gasteiger partial charge in [0.15, 0.2) is 0 Å². The molecule has 0 spiro atoms. The maximum absolute atomic E-state index is 9.53. The third-order valence-corrected chi connectivity index (χ3v) is 0.996. The molecule has 0 aliphatic heterocycles. The molecule has 0 N–H and O–H groups in total. The van der Waals surface area contributed by atoms with Crippen LogP contribution in [0, 0.1) is 0 Å². The van der Waals surface area contributed by atoms with Crippen molar-refractivity contribution in [3.05, 3.63) is 0 Å². The Kier molecular flexibility index (Phi) is 36.1. The monoisotopic (exact) mass is 267 g/mol. The van der Waals surface area contributed by atoms with Gasteiger partial charge in [0.05, 0.1) is 0 Å². The minimum Gasteiger partial charge on any atom is -0.854 e. The van der Waals surface area contributed by atoms with E-state index in [9.17, 15) is 10.2 Å². The van der Waals surface area contributed by atoms with Crippen LogP contribution in [0.2, 0.25) is 0 Å². The van der Waals surface area contributed by atoms with Crippen molar-refractivity contribution in [2.45, 2.75) is 39.5 Å². The van der Waals surface area contributed by atoms with Crippen LogP contribution in [0.1, 0.15) is 39.5 Å². The molecule has 0 saturated heterocycles. The van der Waals surface area contributed by atoms with Crippen LogP contribution in [0.15, 0.2) is 0 Å². The molecular weight excluding hydrogens is 250 g/mol. The summed E-state index contributed by atoms with van der Waals surface area (Å²) in [4.78, 5) is 0. The van der Waals surface area contributed by atoms with Crippen LogP contribution in [0.3, 0.4) is 0 Å². The van der Waals surface area contributed by atoms with E-state index in [4.69, 9.17) is 0 Å². The Labute approximate surface area is 87.5 Å². The van der Waals surface area contributed by atoms with E-state index in [0.29, 0.717) is 0 Å². The Balaban J connectivity index is -0.000000107. The van der Waals surface area contributed by atoms with Gasteiger partial charge in [0.25, 0.3) is 0 Å². The van der Waals surface area contributed by atoms with E-state index >= 15 is 0 Å². The van der Waals surface area contributed by atoms with Crippen molar-refractivity contribution in [1.29, 1.82) is 0 Å². The molecule has 0 amide bonds. The predicted octanol–water partition coefficient (Wildman–Crippen LogP) is -0.0872. The largest absolute Gasteiger partial charge is 0.854 e. The van der Waals surface area contributed by atoms with Crippen molar-refractivity contribution in [1.82, 2.24) is 0 Å². The summed E-state index contributed by atoms with van der Waals surface area (Å²) < 4.78 is 0. The molecule has 0 saturated carbocycles. The van der Waals surface area contributed by atoms with Crippen LogP contribution in [0.5, 0.6) is 0 Å². The molecule has 0 aromatic heterocycles. The average Bonchev–Trinajstić information content (AvgIpc) is 1.93. The maximum atomic E-state index is 9.53.